The molecule has 0 unspecified atom stereocenters. The van der Waals surface area contributed by atoms with Crippen LogP contribution in [0.4, 0.5) is 11.4 Å². The molecule has 1 N–H and O–H groups in total. The van der Waals surface area contributed by atoms with E-state index in [1.165, 1.54) is 24.4 Å². The fourth-order valence-corrected chi connectivity index (χ4v) is 3.98. The Bertz CT molecular complexity index is 1000. The van der Waals surface area contributed by atoms with Gasteiger partial charge in [0.2, 0.25) is 10.0 Å². The smallest absolute Gasteiger partial charge is 0.339 e. The molecule has 0 fully saturated rings. The summed E-state index contributed by atoms with van der Waals surface area (Å²) in [4.78, 5) is 24.7. The maximum atomic E-state index is 12.8. The maximum absolute atomic E-state index is 12.8. The van der Waals surface area contributed by atoms with Crippen molar-refractivity contribution in [2.75, 3.05) is 29.0 Å². The molecule has 148 valence electrons. The zero-order valence-corrected chi connectivity index (χ0v) is 16.2. The summed E-state index contributed by atoms with van der Waals surface area (Å²) in [5, 5.41) is 2.63. The van der Waals surface area contributed by atoms with E-state index in [4.69, 9.17) is 9.47 Å². The standard InChI is InChI=1S/C19H20N2O6S/c1-3-28(24,25)21-12-17(27-16-11-7-6-10-15(16)21)18(22)20-14-9-5-4-8-13(14)19(23)26-2/h4-11,17H,3,12H2,1-2H3,(H,20,22)/t17-/m1/s1. The van der Waals surface area contributed by atoms with E-state index in [0.717, 1.165) is 0 Å². The summed E-state index contributed by atoms with van der Waals surface area (Å²) >= 11 is 0. The molecule has 0 spiro atoms. The number of carbonyl (C=O) groups is 2. The van der Waals surface area contributed by atoms with Crippen LogP contribution in [0.3, 0.4) is 0 Å². The number of fused-ring (bicyclic) bond motifs is 1. The van der Waals surface area contributed by atoms with Crippen molar-refractivity contribution in [3.05, 3.63) is 54.1 Å². The lowest BCUT2D eigenvalue weighted by Crippen LogP contribution is -2.49. The Hall–Kier alpha value is -3.07. The largest absolute Gasteiger partial charge is 0.476 e. The number of hydrogen-bond acceptors (Lipinski definition) is 6. The normalized spacial score (nSPS) is 15.9. The Morgan fingerprint density at radius 2 is 1.86 bits per heavy atom. The molecule has 0 saturated carbocycles. The van der Waals surface area contributed by atoms with Gasteiger partial charge in [0.15, 0.2) is 6.10 Å². The summed E-state index contributed by atoms with van der Waals surface area (Å²) < 4.78 is 36.6. The number of esters is 1. The van der Waals surface area contributed by atoms with Crippen LogP contribution >= 0.6 is 0 Å². The SMILES string of the molecule is CCS(=O)(=O)N1C[C@H](C(=O)Nc2ccccc2C(=O)OC)Oc2ccccc21. The highest BCUT2D eigenvalue weighted by atomic mass is 32.2. The molecule has 1 heterocycles. The molecular weight excluding hydrogens is 384 g/mol. The van der Waals surface area contributed by atoms with Gasteiger partial charge in [-0.15, -0.1) is 0 Å². The van der Waals surface area contributed by atoms with Crippen molar-refractivity contribution >= 4 is 33.3 Å². The number of nitrogens with zero attached hydrogens (tertiary/aromatic N) is 1. The van der Waals surface area contributed by atoms with Crippen LogP contribution in [0.5, 0.6) is 5.75 Å². The van der Waals surface area contributed by atoms with Gasteiger partial charge in [0.25, 0.3) is 5.91 Å². The van der Waals surface area contributed by atoms with Gasteiger partial charge in [-0.2, -0.15) is 0 Å². The second-order valence-electron chi connectivity index (χ2n) is 6.03. The second-order valence-corrected chi connectivity index (χ2v) is 8.21. The molecule has 1 aliphatic heterocycles. The predicted molar refractivity (Wildman–Crippen MR) is 104 cm³/mol. The van der Waals surface area contributed by atoms with E-state index in [0.29, 0.717) is 11.4 Å². The number of para-hydroxylation sites is 3. The van der Waals surface area contributed by atoms with Crippen molar-refractivity contribution in [2.45, 2.75) is 13.0 Å². The van der Waals surface area contributed by atoms with Crippen LogP contribution in [-0.2, 0) is 19.6 Å². The number of ether oxygens (including phenoxy) is 2. The summed E-state index contributed by atoms with van der Waals surface area (Å²) in [6, 6.07) is 13.0. The van der Waals surface area contributed by atoms with Crippen LogP contribution in [0.15, 0.2) is 48.5 Å². The molecule has 0 bridgehead atoms. The van der Waals surface area contributed by atoms with Gasteiger partial charge in [-0.05, 0) is 31.2 Å². The monoisotopic (exact) mass is 404 g/mol. The first kappa shape index (κ1) is 19.7. The quantitative estimate of drug-likeness (QED) is 0.765. The average Bonchev–Trinajstić information content (AvgIpc) is 2.72. The molecular formula is C19H20N2O6S. The number of rotatable bonds is 5. The van der Waals surface area contributed by atoms with E-state index in [9.17, 15) is 18.0 Å². The van der Waals surface area contributed by atoms with Gasteiger partial charge in [-0.3, -0.25) is 9.10 Å². The molecule has 3 rings (SSSR count). The minimum Gasteiger partial charge on any atom is -0.476 e. The van der Waals surface area contributed by atoms with Crippen LogP contribution in [0.25, 0.3) is 0 Å². The lowest BCUT2D eigenvalue weighted by molar-refractivity contribution is -0.122. The number of hydrogen-bond donors (Lipinski definition) is 1. The molecule has 2 aromatic rings. The molecule has 0 saturated heterocycles. The molecule has 0 aliphatic carbocycles. The lowest BCUT2D eigenvalue weighted by Gasteiger charge is -2.34. The Labute approximate surface area is 163 Å². The lowest BCUT2D eigenvalue weighted by atomic mass is 10.1. The van der Waals surface area contributed by atoms with Crippen molar-refractivity contribution in [3.63, 3.8) is 0 Å². The Morgan fingerprint density at radius 3 is 2.57 bits per heavy atom. The molecule has 1 amide bonds. The Morgan fingerprint density at radius 1 is 1.18 bits per heavy atom. The Kier molecular flexibility index (Phi) is 5.55. The minimum atomic E-state index is -3.60. The number of amides is 1. The van der Waals surface area contributed by atoms with Gasteiger partial charge in [-0.25, -0.2) is 13.2 Å². The number of benzene rings is 2. The topological polar surface area (TPSA) is 102 Å². The molecule has 0 radical (unpaired) electrons. The van der Waals surface area contributed by atoms with Crippen molar-refractivity contribution in [1.82, 2.24) is 0 Å². The van der Waals surface area contributed by atoms with Gasteiger partial charge >= 0.3 is 5.97 Å². The molecule has 9 heteroatoms. The number of sulfonamides is 1. The minimum absolute atomic E-state index is 0.110. The van der Waals surface area contributed by atoms with Gasteiger partial charge in [0, 0.05) is 0 Å². The third-order valence-electron chi connectivity index (χ3n) is 4.32. The highest BCUT2D eigenvalue weighted by molar-refractivity contribution is 7.92. The third-order valence-corrected chi connectivity index (χ3v) is 6.07. The van der Waals surface area contributed by atoms with Crippen molar-refractivity contribution in [3.8, 4) is 5.75 Å². The molecule has 1 atom stereocenters. The molecule has 28 heavy (non-hydrogen) atoms. The van der Waals surface area contributed by atoms with E-state index >= 15 is 0 Å². The Balaban J connectivity index is 1.89. The number of methoxy groups -OCH3 is 1. The van der Waals surface area contributed by atoms with Crippen LogP contribution in [0, 0.1) is 0 Å². The summed E-state index contributed by atoms with van der Waals surface area (Å²) in [6.07, 6.45) is -1.08. The summed E-state index contributed by atoms with van der Waals surface area (Å²) in [7, 11) is -2.35. The van der Waals surface area contributed by atoms with Gasteiger partial charge in [0.1, 0.15) is 5.75 Å². The van der Waals surface area contributed by atoms with Crippen molar-refractivity contribution in [2.24, 2.45) is 0 Å². The first-order valence-corrected chi connectivity index (χ1v) is 10.2. The van der Waals surface area contributed by atoms with E-state index in [1.807, 2.05) is 0 Å². The average molecular weight is 404 g/mol. The summed E-state index contributed by atoms with van der Waals surface area (Å²) in [5.41, 5.74) is 0.836. The molecule has 8 nitrogen and oxygen atoms in total. The van der Waals surface area contributed by atoms with Gasteiger partial charge in [-0.1, -0.05) is 24.3 Å². The first-order chi connectivity index (χ1) is 13.4. The zero-order valence-electron chi connectivity index (χ0n) is 15.4. The van der Waals surface area contributed by atoms with Crippen LogP contribution in [0.2, 0.25) is 0 Å². The zero-order chi connectivity index (χ0) is 20.3. The molecule has 2 aromatic carbocycles. The fraction of sp³-hybridized carbons (Fsp3) is 0.263. The molecule has 0 aromatic heterocycles. The molecule has 1 aliphatic rings. The van der Waals surface area contributed by atoms with Crippen LogP contribution < -0.4 is 14.4 Å². The van der Waals surface area contributed by atoms with E-state index < -0.39 is 28.0 Å². The third kappa shape index (κ3) is 3.79. The van der Waals surface area contributed by atoms with Crippen molar-refractivity contribution < 1.29 is 27.5 Å². The number of anilines is 2. The van der Waals surface area contributed by atoms with E-state index in [-0.39, 0.29) is 23.5 Å². The summed E-state index contributed by atoms with van der Waals surface area (Å²) in [6.45, 7) is 1.37. The first-order valence-electron chi connectivity index (χ1n) is 8.61. The van der Waals surface area contributed by atoms with Gasteiger partial charge in [0.05, 0.1) is 36.3 Å². The highest BCUT2D eigenvalue weighted by Crippen LogP contribution is 2.35. The fourth-order valence-electron chi connectivity index (χ4n) is 2.85. The maximum Gasteiger partial charge on any atom is 0.339 e. The van der Waals surface area contributed by atoms with Crippen LogP contribution in [0.1, 0.15) is 17.3 Å². The second kappa shape index (κ2) is 7.89. The van der Waals surface area contributed by atoms with Crippen LogP contribution in [-0.4, -0.2) is 45.8 Å². The van der Waals surface area contributed by atoms with Crippen molar-refractivity contribution in [1.29, 1.82) is 0 Å². The number of nitrogens with one attached hydrogen (secondary N) is 1. The highest BCUT2D eigenvalue weighted by Gasteiger charge is 2.36. The van der Waals surface area contributed by atoms with Gasteiger partial charge < -0.3 is 14.8 Å². The predicted octanol–water partition coefficient (Wildman–Crippen LogP) is 2.03. The summed E-state index contributed by atoms with van der Waals surface area (Å²) in [5.74, 6) is -0.976. The van der Waals surface area contributed by atoms with E-state index in [1.54, 1.807) is 42.5 Å². The van der Waals surface area contributed by atoms with E-state index in [2.05, 4.69) is 5.32 Å². The number of carbonyl (C=O) groups excluding carboxylic acids is 2.